The Hall–Kier alpha value is -1.69. The summed E-state index contributed by atoms with van der Waals surface area (Å²) in [5, 5.41) is 0. The standard InChI is InChI=1S/C16H20F3NO2/c1-11(2)22-10-14(21)9-15(16(17,18)19)20-12(3)13-7-5-4-6-8-13/h4-8,11,15H,9-10H2,1-3H3/t15-/m1/s1. The van der Waals surface area contributed by atoms with E-state index < -0.39 is 24.4 Å². The number of hydrogen-bond acceptors (Lipinski definition) is 3. The third kappa shape index (κ3) is 6.39. The van der Waals surface area contributed by atoms with Crippen molar-refractivity contribution in [1.82, 2.24) is 0 Å². The quantitative estimate of drug-likeness (QED) is 0.718. The van der Waals surface area contributed by atoms with Gasteiger partial charge in [0.25, 0.3) is 0 Å². The van der Waals surface area contributed by atoms with Gasteiger partial charge in [0.05, 0.1) is 6.10 Å². The summed E-state index contributed by atoms with van der Waals surface area (Å²) in [6.07, 6.45) is -5.48. The molecule has 1 rings (SSSR count). The lowest BCUT2D eigenvalue weighted by atomic mass is 10.1. The lowest BCUT2D eigenvalue weighted by molar-refractivity contribution is -0.154. The van der Waals surface area contributed by atoms with E-state index in [1.165, 1.54) is 6.92 Å². The molecule has 0 bridgehead atoms. The van der Waals surface area contributed by atoms with Gasteiger partial charge in [-0.2, -0.15) is 13.2 Å². The smallest absolute Gasteiger partial charge is 0.371 e. The number of carbonyl (C=O) groups excluding carboxylic acids is 1. The van der Waals surface area contributed by atoms with Gasteiger partial charge < -0.3 is 4.74 Å². The van der Waals surface area contributed by atoms with E-state index in [2.05, 4.69) is 4.99 Å². The molecule has 0 amide bonds. The summed E-state index contributed by atoms with van der Waals surface area (Å²) in [5.41, 5.74) is 0.850. The fraction of sp³-hybridized carbons (Fsp3) is 0.500. The minimum atomic E-state index is -4.57. The molecule has 0 unspecified atom stereocenters. The lowest BCUT2D eigenvalue weighted by Gasteiger charge is -2.17. The monoisotopic (exact) mass is 315 g/mol. The van der Waals surface area contributed by atoms with Crippen molar-refractivity contribution in [3.05, 3.63) is 35.9 Å². The van der Waals surface area contributed by atoms with Crippen molar-refractivity contribution in [3.63, 3.8) is 0 Å². The molecule has 0 saturated heterocycles. The van der Waals surface area contributed by atoms with E-state index in [0.717, 1.165) is 0 Å². The van der Waals surface area contributed by atoms with E-state index in [0.29, 0.717) is 5.56 Å². The maximum Gasteiger partial charge on any atom is 0.411 e. The number of hydrogen-bond donors (Lipinski definition) is 0. The van der Waals surface area contributed by atoms with Gasteiger partial charge in [-0.05, 0) is 26.3 Å². The number of benzene rings is 1. The second-order valence-corrected chi connectivity index (χ2v) is 5.24. The molecular weight excluding hydrogens is 295 g/mol. The largest absolute Gasteiger partial charge is 0.411 e. The molecule has 0 aromatic heterocycles. The molecule has 0 aliphatic carbocycles. The van der Waals surface area contributed by atoms with Gasteiger partial charge in [-0.25, -0.2) is 0 Å². The lowest BCUT2D eigenvalue weighted by Crippen LogP contribution is -2.32. The Labute approximate surface area is 128 Å². The summed E-state index contributed by atoms with van der Waals surface area (Å²) in [7, 11) is 0. The molecule has 122 valence electrons. The summed E-state index contributed by atoms with van der Waals surface area (Å²) in [4.78, 5) is 15.3. The normalized spacial score (nSPS) is 14.2. The molecule has 0 radical (unpaired) electrons. The molecule has 1 aromatic rings. The van der Waals surface area contributed by atoms with Crippen LogP contribution in [0.4, 0.5) is 13.2 Å². The zero-order chi connectivity index (χ0) is 16.8. The Morgan fingerprint density at radius 3 is 2.32 bits per heavy atom. The van der Waals surface area contributed by atoms with Gasteiger partial charge in [-0.3, -0.25) is 9.79 Å². The van der Waals surface area contributed by atoms with E-state index in [-0.39, 0.29) is 18.4 Å². The van der Waals surface area contributed by atoms with Gasteiger partial charge in [-0.15, -0.1) is 0 Å². The number of carbonyl (C=O) groups is 1. The molecule has 6 heteroatoms. The average Bonchev–Trinajstić information content (AvgIpc) is 2.44. The third-order valence-electron chi connectivity index (χ3n) is 2.92. The molecule has 0 saturated carbocycles. The SMILES string of the molecule is CC(=N[C@H](CC(=O)COC(C)C)C(F)(F)F)c1ccccc1. The van der Waals surface area contributed by atoms with Gasteiger partial charge in [0.15, 0.2) is 11.8 Å². The molecule has 1 atom stereocenters. The predicted molar refractivity (Wildman–Crippen MR) is 79.2 cm³/mol. The summed E-state index contributed by atoms with van der Waals surface area (Å²) in [6, 6.07) is 6.52. The molecule has 3 nitrogen and oxygen atoms in total. The van der Waals surface area contributed by atoms with Crippen molar-refractivity contribution in [3.8, 4) is 0 Å². The molecule has 0 spiro atoms. The van der Waals surface area contributed by atoms with Crippen LogP contribution in [0.2, 0.25) is 0 Å². The van der Waals surface area contributed by atoms with Gasteiger partial charge in [0.2, 0.25) is 0 Å². The van der Waals surface area contributed by atoms with Crippen LogP contribution in [-0.4, -0.2) is 36.4 Å². The minimum absolute atomic E-state index is 0.206. The van der Waals surface area contributed by atoms with E-state index in [4.69, 9.17) is 4.74 Å². The maximum atomic E-state index is 13.1. The third-order valence-corrected chi connectivity index (χ3v) is 2.92. The van der Waals surface area contributed by atoms with E-state index >= 15 is 0 Å². The molecule has 0 aliphatic heterocycles. The summed E-state index contributed by atoms with van der Waals surface area (Å²) in [6.45, 7) is 4.60. The van der Waals surface area contributed by atoms with Crippen LogP contribution in [0.25, 0.3) is 0 Å². The summed E-state index contributed by atoms with van der Waals surface area (Å²) in [5.74, 6) is -0.611. The number of ether oxygens (including phenoxy) is 1. The Morgan fingerprint density at radius 2 is 1.82 bits per heavy atom. The predicted octanol–water partition coefficient (Wildman–Crippen LogP) is 3.81. The average molecular weight is 315 g/mol. The van der Waals surface area contributed by atoms with Crippen molar-refractivity contribution in [1.29, 1.82) is 0 Å². The topological polar surface area (TPSA) is 38.7 Å². The highest BCUT2D eigenvalue weighted by molar-refractivity contribution is 5.99. The van der Waals surface area contributed by atoms with Crippen LogP contribution >= 0.6 is 0 Å². The van der Waals surface area contributed by atoms with Gasteiger partial charge in [-0.1, -0.05) is 30.3 Å². The van der Waals surface area contributed by atoms with Crippen molar-refractivity contribution in [2.45, 2.75) is 45.5 Å². The highest BCUT2D eigenvalue weighted by atomic mass is 19.4. The number of aliphatic imine (C=N–C) groups is 1. The number of ketones is 1. The van der Waals surface area contributed by atoms with Crippen LogP contribution in [0, 0.1) is 0 Å². The van der Waals surface area contributed by atoms with Crippen molar-refractivity contribution in [2.75, 3.05) is 6.61 Å². The fourth-order valence-corrected chi connectivity index (χ4v) is 1.76. The van der Waals surface area contributed by atoms with Crippen LogP contribution in [0.1, 0.15) is 32.8 Å². The van der Waals surface area contributed by atoms with Crippen molar-refractivity contribution >= 4 is 11.5 Å². The maximum absolute atomic E-state index is 13.1. The van der Waals surface area contributed by atoms with E-state index in [9.17, 15) is 18.0 Å². The Balaban J connectivity index is 2.84. The first-order valence-corrected chi connectivity index (χ1v) is 7.00. The van der Waals surface area contributed by atoms with Crippen LogP contribution in [0.5, 0.6) is 0 Å². The number of halogens is 3. The van der Waals surface area contributed by atoms with Gasteiger partial charge in [0, 0.05) is 12.1 Å². The molecule has 0 heterocycles. The summed E-state index contributed by atoms with van der Waals surface area (Å²) < 4.78 is 44.2. The Bertz CT molecular complexity index is 510. The number of nitrogens with zero attached hydrogens (tertiary/aromatic N) is 1. The fourth-order valence-electron chi connectivity index (χ4n) is 1.76. The molecule has 0 N–H and O–H groups in total. The zero-order valence-electron chi connectivity index (χ0n) is 12.9. The molecule has 1 aromatic carbocycles. The first kappa shape index (κ1) is 18.4. The number of rotatable bonds is 7. The zero-order valence-corrected chi connectivity index (χ0v) is 12.9. The van der Waals surface area contributed by atoms with Crippen LogP contribution in [0.15, 0.2) is 35.3 Å². The number of Topliss-reactive ketones (excluding diaryl/α,β-unsaturated/α-hetero) is 1. The van der Waals surface area contributed by atoms with E-state index in [1.54, 1.807) is 44.2 Å². The first-order valence-electron chi connectivity index (χ1n) is 7.00. The van der Waals surface area contributed by atoms with Crippen molar-refractivity contribution < 1.29 is 22.7 Å². The van der Waals surface area contributed by atoms with Gasteiger partial charge >= 0.3 is 6.18 Å². The molecule has 22 heavy (non-hydrogen) atoms. The van der Waals surface area contributed by atoms with E-state index in [1.807, 2.05) is 0 Å². The Kier molecular flexibility index (Phi) is 6.74. The van der Waals surface area contributed by atoms with Crippen LogP contribution < -0.4 is 0 Å². The Morgan fingerprint density at radius 1 is 1.23 bits per heavy atom. The van der Waals surface area contributed by atoms with Crippen molar-refractivity contribution in [2.24, 2.45) is 4.99 Å². The highest BCUT2D eigenvalue weighted by Crippen LogP contribution is 2.26. The second kappa shape index (κ2) is 8.08. The minimum Gasteiger partial charge on any atom is -0.371 e. The van der Waals surface area contributed by atoms with Gasteiger partial charge in [0.1, 0.15) is 6.61 Å². The molecule has 0 aliphatic rings. The second-order valence-electron chi connectivity index (χ2n) is 5.24. The molecular formula is C16H20F3NO2. The molecule has 0 fully saturated rings. The number of alkyl halides is 3. The van der Waals surface area contributed by atoms with Crippen LogP contribution in [0.3, 0.4) is 0 Å². The highest BCUT2D eigenvalue weighted by Gasteiger charge is 2.40. The first-order chi connectivity index (χ1) is 10.2. The van der Waals surface area contributed by atoms with Crippen LogP contribution in [-0.2, 0) is 9.53 Å². The summed E-state index contributed by atoms with van der Waals surface area (Å²) >= 11 is 0.